The molecule has 0 atom stereocenters. The van der Waals surface area contributed by atoms with E-state index >= 15 is 0 Å². The zero-order valence-corrected chi connectivity index (χ0v) is 14.7. The number of rotatable bonds is 4. The first-order valence-corrected chi connectivity index (χ1v) is 8.87. The molecule has 3 fully saturated rings. The first-order chi connectivity index (χ1) is 11.2. The topological polar surface area (TPSA) is 46.9 Å². The van der Waals surface area contributed by atoms with Gasteiger partial charge in [-0.3, -0.25) is 9.48 Å². The lowest BCUT2D eigenvalue weighted by molar-refractivity contribution is -0.105. The Labute approximate surface area is 142 Å². The Balaban J connectivity index is 0.000000290. The lowest BCUT2D eigenvalue weighted by Gasteiger charge is -2.43. The van der Waals surface area contributed by atoms with Gasteiger partial charge in [0.05, 0.1) is 5.69 Å². The van der Waals surface area contributed by atoms with Crippen molar-refractivity contribution >= 4 is 12.2 Å². The third-order valence-corrected chi connectivity index (χ3v) is 5.43. The van der Waals surface area contributed by atoms with E-state index in [0.717, 1.165) is 12.2 Å². The molecule has 24 heavy (non-hydrogen) atoms. The number of hydrogen-bond acceptors (Lipinski definition) is 2. The number of amides is 1. The highest BCUT2D eigenvalue weighted by molar-refractivity contribution is 5.72. The van der Waals surface area contributed by atoms with Crippen LogP contribution in [0.15, 0.2) is 0 Å². The summed E-state index contributed by atoms with van der Waals surface area (Å²) >= 11 is 0. The van der Waals surface area contributed by atoms with E-state index in [4.69, 9.17) is 5.10 Å². The van der Waals surface area contributed by atoms with E-state index in [1.165, 1.54) is 43.4 Å². The van der Waals surface area contributed by atoms with Gasteiger partial charge in [-0.1, -0.05) is 20.3 Å². The van der Waals surface area contributed by atoms with Crippen molar-refractivity contribution in [1.82, 2.24) is 9.78 Å². The number of hydrogen-bond donors (Lipinski definition) is 1. The van der Waals surface area contributed by atoms with Crippen LogP contribution in [0.25, 0.3) is 0 Å². The normalized spacial score (nSPS) is 24.2. The predicted octanol–water partition coefficient (Wildman–Crippen LogP) is 4.58. The summed E-state index contributed by atoms with van der Waals surface area (Å²) in [5.74, 6) is -0.145. The molecule has 1 aromatic heterocycles. The quantitative estimate of drug-likeness (QED) is 0.817. The molecule has 0 aliphatic heterocycles. The molecular weight excluding hydrogens is 312 g/mol. The minimum Gasteiger partial charge on any atom is -0.313 e. The summed E-state index contributed by atoms with van der Waals surface area (Å²) in [6.45, 7) is 4.64. The van der Waals surface area contributed by atoms with E-state index in [1.54, 1.807) is 0 Å². The van der Waals surface area contributed by atoms with Crippen molar-refractivity contribution in [1.29, 1.82) is 0 Å². The average molecular weight is 339 g/mol. The number of carbonyl (C=O) groups excluding carboxylic acids is 1. The Hall–Kier alpha value is -1.46. The van der Waals surface area contributed by atoms with E-state index in [-0.39, 0.29) is 12.8 Å². The van der Waals surface area contributed by atoms with Crippen molar-refractivity contribution in [3.63, 3.8) is 0 Å². The van der Waals surface area contributed by atoms with Crippen molar-refractivity contribution in [2.24, 2.45) is 12.5 Å². The lowest BCUT2D eigenvalue weighted by Crippen LogP contribution is -2.31. The van der Waals surface area contributed by atoms with E-state index in [1.807, 2.05) is 11.7 Å². The Kier molecular flexibility index (Phi) is 4.43. The van der Waals surface area contributed by atoms with E-state index < -0.39 is 5.92 Å². The SMILES string of the molecule is Cn1nc(C2CC(C)(C)C2)c(C2CCC2)c1NC=O.FC1(F)CC1. The Bertz CT molecular complexity index is 606. The second-order valence-electron chi connectivity index (χ2n) is 8.29. The van der Waals surface area contributed by atoms with Gasteiger partial charge in [-0.2, -0.15) is 5.10 Å². The number of nitrogens with zero attached hydrogens (tertiary/aromatic N) is 2. The largest absolute Gasteiger partial charge is 0.313 e. The molecule has 1 N–H and O–H groups in total. The molecule has 4 rings (SSSR count). The number of halogens is 2. The van der Waals surface area contributed by atoms with Crippen molar-refractivity contribution in [3.05, 3.63) is 11.3 Å². The smallest absolute Gasteiger partial charge is 0.248 e. The number of alkyl halides is 2. The Morgan fingerprint density at radius 3 is 2.17 bits per heavy atom. The van der Waals surface area contributed by atoms with Crippen LogP contribution >= 0.6 is 0 Å². The standard InChI is InChI=1S/C15H23N3O.C3H4F2/c1-15(2)7-11(8-15)13-12(10-5-4-6-10)14(16-9-19)18(3)17-13;4-3(5)1-2-3/h9-11H,4-8H2,1-3H3,(H,16,19);1-2H2. The molecule has 6 heteroatoms. The van der Waals surface area contributed by atoms with Crippen LogP contribution in [0.1, 0.15) is 81.9 Å². The fourth-order valence-corrected chi connectivity index (χ4v) is 3.75. The molecule has 4 nitrogen and oxygen atoms in total. The summed E-state index contributed by atoms with van der Waals surface area (Å²) in [5, 5.41) is 7.57. The van der Waals surface area contributed by atoms with E-state index in [9.17, 15) is 13.6 Å². The summed E-state index contributed by atoms with van der Waals surface area (Å²) in [5.41, 5.74) is 3.02. The predicted molar refractivity (Wildman–Crippen MR) is 89.4 cm³/mol. The molecule has 3 saturated carbocycles. The first kappa shape index (κ1) is 17.4. The number of nitrogens with one attached hydrogen (secondary N) is 1. The Morgan fingerprint density at radius 1 is 1.21 bits per heavy atom. The van der Waals surface area contributed by atoms with Gasteiger partial charge in [0.2, 0.25) is 12.3 Å². The molecule has 134 valence electrons. The van der Waals surface area contributed by atoms with Crippen molar-refractivity contribution in [2.75, 3.05) is 5.32 Å². The van der Waals surface area contributed by atoms with Gasteiger partial charge in [0.1, 0.15) is 5.82 Å². The van der Waals surface area contributed by atoms with Crippen molar-refractivity contribution in [3.8, 4) is 0 Å². The van der Waals surface area contributed by atoms with Crippen LogP contribution in [0.4, 0.5) is 14.6 Å². The van der Waals surface area contributed by atoms with Gasteiger partial charge >= 0.3 is 0 Å². The van der Waals surface area contributed by atoms with Crippen LogP contribution in [-0.2, 0) is 11.8 Å². The Morgan fingerprint density at radius 2 is 1.79 bits per heavy atom. The summed E-state index contributed by atoms with van der Waals surface area (Å²) in [6.07, 6.45) is 7.21. The lowest BCUT2D eigenvalue weighted by atomic mass is 9.62. The maximum absolute atomic E-state index is 11.1. The fourth-order valence-electron chi connectivity index (χ4n) is 3.75. The van der Waals surface area contributed by atoms with Gasteiger partial charge in [-0.15, -0.1) is 0 Å². The second kappa shape index (κ2) is 6.12. The van der Waals surface area contributed by atoms with Gasteiger partial charge in [0.15, 0.2) is 0 Å². The van der Waals surface area contributed by atoms with Gasteiger partial charge in [-0.25, -0.2) is 8.78 Å². The van der Waals surface area contributed by atoms with Crippen LogP contribution in [0, 0.1) is 5.41 Å². The molecule has 1 amide bonds. The van der Waals surface area contributed by atoms with Crippen LogP contribution < -0.4 is 5.32 Å². The third kappa shape index (κ3) is 3.62. The highest BCUT2D eigenvalue weighted by Gasteiger charge is 2.43. The van der Waals surface area contributed by atoms with Crippen LogP contribution in [-0.4, -0.2) is 22.1 Å². The monoisotopic (exact) mass is 339 g/mol. The number of aryl methyl sites for hydroxylation is 1. The molecule has 1 heterocycles. The zero-order chi connectivity index (χ0) is 17.5. The van der Waals surface area contributed by atoms with Crippen molar-refractivity contribution in [2.45, 2.75) is 76.6 Å². The van der Waals surface area contributed by atoms with Gasteiger partial charge in [0.25, 0.3) is 0 Å². The zero-order valence-electron chi connectivity index (χ0n) is 14.7. The molecule has 0 radical (unpaired) electrons. The summed E-state index contributed by atoms with van der Waals surface area (Å²) in [6, 6.07) is 0. The molecule has 0 unspecified atom stereocenters. The second-order valence-corrected chi connectivity index (χ2v) is 8.29. The van der Waals surface area contributed by atoms with Gasteiger partial charge < -0.3 is 5.32 Å². The van der Waals surface area contributed by atoms with Crippen LogP contribution in [0.2, 0.25) is 0 Å². The molecule has 0 bridgehead atoms. The molecule has 3 aliphatic carbocycles. The summed E-state index contributed by atoms with van der Waals surface area (Å²) < 4.78 is 24.1. The maximum atomic E-state index is 11.1. The molecule has 0 saturated heterocycles. The third-order valence-electron chi connectivity index (χ3n) is 5.43. The number of anilines is 1. The molecule has 3 aliphatic rings. The highest BCUT2D eigenvalue weighted by Crippen LogP contribution is 2.53. The minimum absolute atomic E-state index is 0.118. The van der Waals surface area contributed by atoms with E-state index in [0.29, 0.717) is 17.3 Å². The van der Waals surface area contributed by atoms with Crippen LogP contribution in [0.3, 0.4) is 0 Å². The van der Waals surface area contributed by atoms with E-state index in [2.05, 4.69) is 19.2 Å². The summed E-state index contributed by atoms with van der Waals surface area (Å²) in [7, 11) is 1.93. The molecular formula is C18H27F2N3O. The molecule has 0 aromatic carbocycles. The molecule has 1 aromatic rings. The fraction of sp³-hybridized carbons (Fsp3) is 0.778. The van der Waals surface area contributed by atoms with Gasteiger partial charge in [0, 0.05) is 31.4 Å². The highest BCUT2D eigenvalue weighted by atomic mass is 19.3. The summed E-state index contributed by atoms with van der Waals surface area (Å²) in [4.78, 5) is 10.8. The van der Waals surface area contributed by atoms with Crippen molar-refractivity contribution < 1.29 is 13.6 Å². The van der Waals surface area contributed by atoms with Crippen LogP contribution in [0.5, 0.6) is 0 Å². The van der Waals surface area contributed by atoms with Gasteiger partial charge in [-0.05, 0) is 37.0 Å². The number of carbonyl (C=O) groups is 1. The maximum Gasteiger partial charge on any atom is 0.248 e. The molecule has 0 spiro atoms. The first-order valence-electron chi connectivity index (χ1n) is 8.87. The minimum atomic E-state index is -2.25. The number of aromatic nitrogens is 2. The average Bonchev–Trinajstić information content (AvgIpc) is 3.02.